The average Bonchev–Trinajstić information content (AvgIpc) is 2.42. The van der Waals surface area contributed by atoms with Crippen LogP contribution < -0.4 is 0 Å². The highest BCUT2D eigenvalue weighted by atomic mass is 79.9. The van der Waals surface area contributed by atoms with Gasteiger partial charge in [0.25, 0.3) is 0 Å². The average molecular weight is 317 g/mol. The summed E-state index contributed by atoms with van der Waals surface area (Å²) in [6.07, 6.45) is 1.48. The third-order valence-electron chi connectivity index (χ3n) is 3.29. The van der Waals surface area contributed by atoms with Crippen LogP contribution in [-0.2, 0) is 12.8 Å². The van der Waals surface area contributed by atoms with Crippen LogP contribution in [0.5, 0.6) is 0 Å². The molecule has 2 heteroatoms. The molecule has 0 N–H and O–H groups in total. The van der Waals surface area contributed by atoms with E-state index in [9.17, 15) is 4.79 Å². The summed E-state index contributed by atoms with van der Waals surface area (Å²) in [5.41, 5.74) is 4.22. The van der Waals surface area contributed by atoms with Crippen molar-refractivity contribution in [2.24, 2.45) is 0 Å². The van der Waals surface area contributed by atoms with Crippen molar-refractivity contribution >= 4 is 21.7 Å². The number of benzene rings is 2. The van der Waals surface area contributed by atoms with Gasteiger partial charge in [-0.2, -0.15) is 0 Å². The Balaban J connectivity index is 2.18. The molecule has 0 bridgehead atoms. The van der Waals surface area contributed by atoms with Crippen molar-refractivity contribution in [1.82, 2.24) is 0 Å². The standard InChI is InChI=1S/C17H17BrO/c1-3-13-7-9-14(10-8-13)11-16(19)15-6-4-5-12(2)17(15)18/h4-10H,3,11H2,1-2H3. The molecule has 2 rings (SSSR count). The first-order valence-corrected chi connectivity index (χ1v) is 7.27. The zero-order chi connectivity index (χ0) is 13.8. The van der Waals surface area contributed by atoms with E-state index in [1.54, 1.807) is 0 Å². The molecule has 0 unspecified atom stereocenters. The third-order valence-corrected chi connectivity index (χ3v) is 4.34. The monoisotopic (exact) mass is 316 g/mol. The van der Waals surface area contributed by atoms with Crippen LogP contribution in [0.15, 0.2) is 46.9 Å². The molecule has 0 heterocycles. The van der Waals surface area contributed by atoms with E-state index in [4.69, 9.17) is 0 Å². The van der Waals surface area contributed by atoms with Crippen LogP contribution in [0.3, 0.4) is 0 Å². The van der Waals surface area contributed by atoms with E-state index in [0.29, 0.717) is 6.42 Å². The fourth-order valence-electron chi connectivity index (χ4n) is 2.04. The Labute approximate surface area is 122 Å². The Bertz CT molecular complexity index is 585. The van der Waals surface area contributed by atoms with Crippen LogP contribution in [0.4, 0.5) is 0 Å². The summed E-state index contributed by atoms with van der Waals surface area (Å²) in [5, 5.41) is 0. The Morgan fingerprint density at radius 1 is 1.05 bits per heavy atom. The minimum absolute atomic E-state index is 0.153. The zero-order valence-electron chi connectivity index (χ0n) is 11.2. The molecule has 0 atom stereocenters. The molecule has 0 aliphatic rings. The Hall–Kier alpha value is -1.41. The summed E-state index contributed by atoms with van der Waals surface area (Å²) >= 11 is 3.50. The SMILES string of the molecule is CCc1ccc(CC(=O)c2cccc(C)c2Br)cc1. The highest BCUT2D eigenvalue weighted by Crippen LogP contribution is 2.22. The van der Waals surface area contributed by atoms with Crippen molar-refractivity contribution in [3.05, 3.63) is 69.2 Å². The minimum Gasteiger partial charge on any atom is -0.294 e. The Kier molecular flexibility index (Phi) is 4.54. The summed E-state index contributed by atoms with van der Waals surface area (Å²) < 4.78 is 0.908. The number of carbonyl (C=O) groups is 1. The lowest BCUT2D eigenvalue weighted by Gasteiger charge is -2.07. The van der Waals surface area contributed by atoms with Gasteiger partial charge in [0.2, 0.25) is 0 Å². The summed E-state index contributed by atoms with van der Waals surface area (Å²) in [7, 11) is 0. The van der Waals surface area contributed by atoms with E-state index in [-0.39, 0.29) is 5.78 Å². The van der Waals surface area contributed by atoms with Crippen LogP contribution >= 0.6 is 15.9 Å². The lowest BCUT2D eigenvalue weighted by molar-refractivity contribution is 0.0992. The molecule has 0 radical (unpaired) electrons. The van der Waals surface area contributed by atoms with E-state index >= 15 is 0 Å². The molecule has 19 heavy (non-hydrogen) atoms. The maximum Gasteiger partial charge on any atom is 0.168 e. The molecule has 2 aromatic carbocycles. The molecule has 1 nitrogen and oxygen atoms in total. The van der Waals surface area contributed by atoms with Crippen molar-refractivity contribution < 1.29 is 4.79 Å². The third kappa shape index (κ3) is 3.32. The fourth-order valence-corrected chi connectivity index (χ4v) is 2.52. The highest BCUT2D eigenvalue weighted by molar-refractivity contribution is 9.10. The van der Waals surface area contributed by atoms with E-state index in [2.05, 4.69) is 35.0 Å². The molecule has 0 fully saturated rings. The molecule has 0 aromatic heterocycles. The molecule has 2 aromatic rings. The van der Waals surface area contributed by atoms with Crippen LogP contribution in [0, 0.1) is 6.92 Å². The number of rotatable bonds is 4. The lowest BCUT2D eigenvalue weighted by Crippen LogP contribution is -2.05. The maximum absolute atomic E-state index is 12.3. The molecule has 0 saturated carbocycles. The smallest absolute Gasteiger partial charge is 0.168 e. The first kappa shape index (κ1) is 14.0. The van der Waals surface area contributed by atoms with Gasteiger partial charge in [0.05, 0.1) is 0 Å². The molecule has 0 saturated heterocycles. The topological polar surface area (TPSA) is 17.1 Å². The van der Waals surface area contributed by atoms with Crippen molar-refractivity contribution in [3.8, 4) is 0 Å². The van der Waals surface area contributed by atoms with Gasteiger partial charge in [-0.15, -0.1) is 0 Å². The summed E-state index contributed by atoms with van der Waals surface area (Å²) in [6.45, 7) is 4.13. The number of halogens is 1. The molecular formula is C17H17BrO. The summed E-state index contributed by atoms with van der Waals surface area (Å²) in [4.78, 5) is 12.3. The second kappa shape index (κ2) is 6.16. The number of ketones is 1. The first-order valence-electron chi connectivity index (χ1n) is 6.48. The number of carbonyl (C=O) groups excluding carboxylic acids is 1. The number of hydrogen-bond donors (Lipinski definition) is 0. The molecule has 98 valence electrons. The maximum atomic E-state index is 12.3. The van der Waals surface area contributed by atoms with Gasteiger partial charge >= 0.3 is 0 Å². The second-order valence-electron chi connectivity index (χ2n) is 4.71. The van der Waals surface area contributed by atoms with E-state index in [0.717, 1.165) is 27.6 Å². The first-order chi connectivity index (χ1) is 9.11. The fraction of sp³-hybridized carbons (Fsp3) is 0.235. The Morgan fingerprint density at radius 3 is 2.32 bits per heavy atom. The second-order valence-corrected chi connectivity index (χ2v) is 5.50. The predicted molar refractivity (Wildman–Crippen MR) is 82.7 cm³/mol. The number of hydrogen-bond acceptors (Lipinski definition) is 1. The quantitative estimate of drug-likeness (QED) is 0.744. The summed E-state index contributed by atoms with van der Waals surface area (Å²) in [5.74, 6) is 0.153. The normalized spacial score (nSPS) is 10.5. The van der Waals surface area contributed by atoms with Gasteiger partial charge in [-0.25, -0.2) is 0 Å². The number of aryl methyl sites for hydroxylation is 2. The van der Waals surface area contributed by atoms with Crippen LogP contribution in [0.25, 0.3) is 0 Å². The highest BCUT2D eigenvalue weighted by Gasteiger charge is 2.11. The van der Waals surface area contributed by atoms with Crippen molar-refractivity contribution in [3.63, 3.8) is 0 Å². The van der Waals surface area contributed by atoms with Crippen LogP contribution in [-0.4, -0.2) is 5.78 Å². The van der Waals surface area contributed by atoms with Crippen molar-refractivity contribution in [2.45, 2.75) is 26.7 Å². The van der Waals surface area contributed by atoms with Gasteiger partial charge in [0, 0.05) is 16.5 Å². The van der Waals surface area contributed by atoms with Gasteiger partial charge in [0.1, 0.15) is 0 Å². The Morgan fingerprint density at radius 2 is 1.68 bits per heavy atom. The molecule has 0 aliphatic heterocycles. The largest absolute Gasteiger partial charge is 0.294 e. The zero-order valence-corrected chi connectivity index (χ0v) is 12.8. The van der Waals surface area contributed by atoms with E-state index in [1.807, 2.05) is 37.3 Å². The molecule has 0 aliphatic carbocycles. The van der Waals surface area contributed by atoms with Gasteiger partial charge in [-0.3, -0.25) is 4.79 Å². The predicted octanol–water partition coefficient (Wildman–Crippen LogP) is 4.75. The van der Waals surface area contributed by atoms with E-state index in [1.165, 1.54) is 5.56 Å². The van der Waals surface area contributed by atoms with Crippen LogP contribution in [0.1, 0.15) is 34.0 Å². The van der Waals surface area contributed by atoms with Crippen molar-refractivity contribution in [2.75, 3.05) is 0 Å². The van der Waals surface area contributed by atoms with Crippen molar-refractivity contribution in [1.29, 1.82) is 0 Å². The number of Topliss-reactive ketones (excluding diaryl/α,β-unsaturated/α-hetero) is 1. The van der Waals surface area contributed by atoms with E-state index < -0.39 is 0 Å². The van der Waals surface area contributed by atoms with Gasteiger partial charge < -0.3 is 0 Å². The molecular weight excluding hydrogens is 300 g/mol. The molecule has 0 amide bonds. The summed E-state index contributed by atoms with van der Waals surface area (Å²) in [6, 6.07) is 14.1. The van der Waals surface area contributed by atoms with Crippen LogP contribution in [0.2, 0.25) is 0 Å². The van der Waals surface area contributed by atoms with Gasteiger partial charge in [-0.1, -0.05) is 49.4 Å². The minimum atomic E-state index is 0.153. The van der Waals surface area contributed by atoms with Gasteiger partial charge in [-0.05, 0) is 46.0 Å². The molecule has 0 spiro atoms. The van der Waals surface area contributed by atoms with Gasteiger partial charge in [0.15, 0.2) is 5.78 Å². The lowest BCUT2D eigenvalue weighted by atomic mass is 10.0.